The molecule has 0 unspecified atom stereocenters. The van der Waals surface area contributed by atoms with Gasteiger partial charge in [-0.05, 0) is 43.2 Å². The van der Waals surface area contributed by atoms with Crippen LogP contribution >= 0.6 is 11.8 Å². The summed E-state index contributed by atoms with van der Waals surface area (Å²) in [7, 11) is 0. The van der Waals surface area contributed by atoms with E-state index in [0.717, 1.165) is 9.99 Å². The van der Waals surface area contributed by atoms with Crippen molar-refractivity contribution in [2.45, 2.75) is 42.4 Å². The third-order valence-corrected chi connectivity index (χ3v) is 6.10. The van der Waals surface area contributed by atoms with Gasteiger partial charge in [-0.15, -0.1) is 0 Å². The minimum atomic E-state index is -0.758. The van der Waals surface area contributed by atoms with Gasteiger partial charge in [0.05, 0.1) is 5.69 Å². The Balaban J connectivity index is 1.55. The highest BCUT2D eigenvalue weighted by Gasteiger charge is 2.37. The molecule has 0 atom stereocenters. The van der Waals surface area contributed by atoms with Crippen molar-refractivity contribution >= 4 is 41.4 Å². The zero-order valence-corrected chi connectivity index (χ0v) is 16.0. The van der Waals surface area contributed by atoms with Gasteiger partial charge in [-0.2, -0.15) is 0 Å². The number of thioether (sulfide) groups is 1. The van der Waals surface area contributed by atoms with Crippen LogP contribution in [0.4, 0.5) is 10.5 Å². The molecule has 144 valence electrons. The van der Waals surface area contributed by atoms with Gasteiger partial charge < -0.3 is 4.42 Å². The molecule has 1 aromatic carbocycles. The number of hydrogen-bond donors (Lipinski definition) is 1. The average molecular weight is 396 g/mol. The second kappa shape index (κ2) is 8.06. The maximum atomic E-state index is 12.8. The number of barbiturate groups is 1. The van der Waals surface area contributed by atoms with Crippen LogP contribution in [0.5, 0.6) is 0 Å². The largest absolute Gasteiger partial charge is 0.450 e. The summed E-state index contributed by atoms with van der Waals surface area (Å²) < 4.78 is 5.80. The summed E-state index contributed by atoms with van der Waals surface area (Å²) >= 11 is 1.70. The fraction of sp³-hybridized carbons (Fsp3) is 0.286. The van der Waals surface area contributed by atoms with Crippen molar-refractivity contribution in [3.8, 4) is 0 Å². The Hall–Kier alpha value is -2.80. The third kappa shape index (κ3) is 3.89. The summed E-state index contributed by atoms with van der Waals surface area (Å²) in [5.41, 5.74) is 0.267. The number of para-hydroxylation sites is 1. The number of carbonyl (C=O) groups excluding carboxylic acids is 3. The van der Waals surface area contributed by atoms with E-state index in [2.05, 4.69) is 5.32 Å². The Morgan fingerprint density at radius 1 is 1.00 bits per heavy atom. The molecule has 2 aliphatic rings. The number of nitrogens with one attached hydrogen (secondary N) is 1. The van der Waals surface area contributed by atoms with Crippen LogP contribution in [0.2, 0.25) is 0 Å². The monoisotopic (exact) mass is 396 g/mol. The number of urea groups is 1. The fourth-order valence-electron chi connectivity index (χ4n) is 3.43. The minimum Gasteiger partial charge on any atom is -0.450 e. The summed E-state index contributed by atoms with van der Waals surface area (Å²) in [6.07, 6.45) is 7.53. The molecule has 2 fully saturated rings. The van der Waals surface area contributed by atoms with E-state index in [4.69, 9.17) is 4.42 Å². The van der Waals surface area contributed by atoms with Crippen molar-refractivity contribution in [3.05, 3.63) is 53.8 Å². The molecule has 1 saturated heterocycles. The highest BCUT2D eigenvalue weighted by atomic mass is 32.2. The van der Waals surface area contributed by atoms with E-state index in [9.17, 15) is 14.4 Å². The summed E-state index contributed by atoms with van der Waals surface area (Å²) in [4.78, 5) is 38.1. The summed E-state index contributed by atoms with van der Waals surface area (Å²) in [6.45, 7) is 0. The van der Waals surface area contributed by atoms with E-state index < -0.39 is 17.8 Å². The molecule has 2 aromatic rings. The van der Waals surface area contributed by atoms with E-state index in [1.165, 1.54) is 38.2 Å². The summed E-state index contributed by atoms with van der Waals surface area (Å²) in [5, 5.41) is 3.54. The second-order valence-corrected chi connectivity index (χ2v) is 8.13. The van der Waals surface area contributed by atoms with Gasteiger partial charge in [-0.1, -0.05) is 49.2 Å². The van der Waals surface area contributed by atoms with Gasteiger partial charge in [0, 0.05) is 5.25 Å². The lowest BCUT2D eigenvalue weighted by Gasteiger charge is -2.26. The SMILES string of the molecule is O=C1NC(=O)N(c2ccccc2)C(=O)/C1=C\c1ccc(SC2CCCCC2)o1. The molecule has 1 saturated carbocycles. The van der Waals surface area contributed by atoms with Crippen LogP contribution in [0, 0.1) is 0 Å². The van der Waals surface area contributed by atoms with E-state index in [0.29, 0.717) is 16.7 Å². The molecule has 1 aromatic heterocycles. The zero-order valence-electron chi connectivity index (χ0n) is 15.2. The number of imide groups is 2. The van der Waals surface area contributed by atoms with Crippen LogP contribution in [-0.2, 0) is 9.59 Å². The molecule has 6 nitrogen and oxygen atoms in total. The van der Waals surface area contributed by atoms with E-state index in [1.54, 1.807) is 48.2 Å². The van der Waals surface area contributed by atoms with E-state index in [-0.39, 0.29) is 5.57 Å². The molecular formula is C21H20N2O4S. The van der Waals surface area contributed by atoms with Crippen LogP contribution in [0.1, 0.15) is 37.9 Å². The number of amides is 4. The van der Waals surface area contributed by atoms with Gasteiger partial charge in [-0.3, -0.25) is 14.9 Å². The number of furan rings is 1. The molecule has 1 aliphatic carbocycles. The first-order chi connectivity index (χ1) is 13.6. The molecule has 0 bridgehead atoms. The van der Waals surface area contributed by atoms with Gasteiger partial charge in [0.1, 0.15) is 11.3 Å². The Bertz CT molecular complexity index is 929. The molecule has 7 heteroatoms. The highest BCUT2D eigenvalue weighted by molar-refractivity contribution is 7.99. The lowest BCUT2D eigenvalue weighted by Crippen LogP contribution is -2.54. The first-order valence-electron chi connectivity index (χ1n) is 9.35. The molecule has 2 heterocycles. The maximum Gasteiger partial charge on any atom is 0.335 e. The zero-order chi connectivity index (χ0) is 19.5. The third-order valence-electron chi connectivity index (χ3n) is 4.84. The quantitative estimate of drug-likeness (QED) is 0.613. The Kier molecular flexibility index (Phi) is 5.34. The molecule has 1 aliphatic heterocycles. The van der Waals surface area contributed by atoms with Crippen molar-refractivity contribution < 1.29 is 18.8 Å². The van der Waals surface area contributed by atoms with Crippen molar-refractivity contribution in [1.82, 2.24) is 5.32 Å². The Labute approximate surface area is 167 Å². The number of benzene rings is 1. The topological polar surface area (TPSA) is 79.6 Å². The maximum absolute atomic E-state index is 12.8. The number of hydrogen-bond acceptors (Lipinski definition) is 5. The molecule has 1 N–H and O–H groups in total. The summed E-state index contributed by atoms with van der Waals surface area (Å²) in [6, 6.07) is 11.3. The molecule has 0 spiro atoms. The second-order valence-electron chi connectivity index (χ2n) is 6.83. The van der Waals surface area contributed by atoms with Gasteiger partial charge >= 0.3 is 6.03 Å². The Morgan fingerprint density at radius 3 is 2.50 bits per heavy atom. The molecule has 4 rings (SSSR count). The van der Waals surface area contributed by atoms with Crippen LogP contribution < -0.4 is 10.2 Å². The minimum absolute atomic E-state index is 0.132. The molecule has 0 radical (unpaired) electrons. The lowest BCUT2D eigenvalue weighted by molar-refractivity contribution is -0.122. The van der Waals surface area contributed by atoms with Gasteiger partial charge in [0.2, 0.25) is 0 Å². The fourth-order valence-corrected chi connectivity index (χ4v) is 4.62. The highest BCUT2D eigenvalue weighted by Crippen LogP contribution is 2.35. The van der Waals surface area contributed by atoms with Crippen LogP contribution in [-0.4, -0.2) is 23.1 Å². The van der Waals surface area contributed by atoms with E-state index in [1.807, 2.05) is 6.07 Å². The molecular weight excluding hydrogens is 376 g/mol. The van der Waals surface area contributed by atoms with Crippen molar-refractivity contribution in [1.29, 1.82) is 0 Å². The number of carbonyl (C=O) groups is 3. The van der Waals surface area contributed by atoms with Crippen LogP contribution in [0.25, 0.3) is 6.08 Å². The average Bonchev–Trinajstić information content (AvgIpc) is 3.14. The standard InChI is InChI=1S/C21H20N2O4S/c24-19-17(20(25)23(21(26)22-19)14-7-3-1-4-8-14)13-15-11-12-18(27-15)28-16-9-5-2-6-10-16/h1,3-4,7-8,11-13,16H,2,5-6,9-10H2,(H,22,24,26)/b17-13-. The predicted molar refractivity (Wildman–Crippen MR) is 107 cm³/mol. The van der Waals surface area contributed by atoms with E-state index >= 15 is 0 Å². The first-order valence-corrected chi connectivity index (χ1v) is 10.2. The summed E-state index contributed by atoms with van der Waals surface area (Å²) in [5.74, 6) is -0.975. The molecule has 28 heavy (non-hydrogen) atoms. The van der Waals surface area contributed by atoms with Gasteiger partial charge in [0.15, 0.2) is 5.09 Å². The van der Waals surface area contributed by atoms with Crippen molar-refractivity contribution in [2.75, 3.05) is 4.90 Å². The van der Waals surface area contributed by atoms with Crippen molar-refractivity contribution in [2.24, 2.45) is 0 Å². The number of anilines is 1. The Morgan fingerprint density at radius 2 is 1.75 bits per heavy atom. The smallest absolute Gasteiger partial charge is 0.335 e. The first kappa shape index (κ1) is 18.6. The van der Waals surface area contributed by atoms with Gasteiger partial charge in [0.25, 0.3) is 11.8 Å². The lowest BCUT2D eigenvalue weighted by atomic mass is 10.0. The number of rotatable bonds is 4. The van der Waals surface area contributed by atoms with Crippen LogP contribution in [0.15, 0.2) is 57.5 Å². The predicted octanol–water partition coefficient (Wildman–Crippen LogP) is 4.37. The number of nitrogens with zero attached hydrogens (tertiary/aromatic N) is 1. The normalized spacial score (nSPS) is 19.9. The van der Waals surface area contributed by atoms with Gasteiger partial charge in [-0.25, -0.2) is 9.69 Å². The molecule has 4 amide bonds. The van der Waals surface area contributed by atoms with Crippen molar-refractivity contribution in [3.63, 3.8) is 0 Å². The van der Waals surface area contributed by atoms with Crippen LogP contribution in [0.3, 0.4) is 0 Å².